The van der Waals surface area contributed by atoms with Crippen LogP contribution in [-0.4, -0.2) is 24.4 Å². The van der Waals surface area contributed by atoms with E-state index in [2.05, 4.69) is 11.9 Å². The summed E-state index contributed by atoms with van der Waals surface area (Å²) in [4.78, 5) is 19.5. The monoisotopic (exact) mass is 403 g/mol. The van der Waals surface area contributed by atoms with Gasteiger partial charge < -0.3 is 14.2 Å². The number of rotatable bonds is 4. The molecule has 2 aromatic heterocycles. The Bertz CT molecular complexity index is 1060. The lowest BCUT2D eigenvalue weighted by Gasteiger charge is -2.15. The van der Waals surface area contributed by atoms with Crippen molar-refractivity contribution >= 4 is 39.1 Å². The molecule has 0 aliphatic carbocycles. The number of carbonyl (C=O) groups is 1. The van der Waals surface area contributed by atoms with Crippen molar-refractivity contribution in [3.8, 4) is 22.6 Å². The first kappa shape index (κ1) is 18.1. The molecule has 0 fully saturated rings. The molecule has 0 saturated carbocycles. The molecule has 140 valence electrons. The summed E-state index contributed by atoms with van der Waals surface area (Å²) in [7, 11) is 0. The van der Waals surface area contributed by atoms with E-state index in [4.69, 9.17) is 25.8 Å². The topological polar surface area (TPSA) is 57.7 Å². The first-order valence-electron chi connectivity index (χ1n) is 8.60. The van der Waals surface area contributed by atoms with Gasteiger partial charge in [0.05, 0.1) is 23.7 Å². The number of ether oxygens (including phenoxy) is 3. The number of hydrogen-bond acceptors (Lipinski definition) is 6. The second-order valence-electron chi connectivity index (χ2n) is 6.19. The van der Waals surface area contributed by atoms with Crippen molar-refractivity contribution in [1.29, 1.82) is 0 Å². The van der Waals surface area contributed by atoms with E-state index >= 15 is 0 Å². The van der Waals surface area contributed by atoms with Gasteiger partial charge in [-0.2, -0.15) is 0 Å². The number of pyridine rings is 1. The fourth-order valence-corrected chi connectivity index (χ4v) is 4.54. The van der Waals surface area contributed by atoms with Gasteiger partial charge in [0, 0.05) is 15.8 Å². The summed E-state index contributed by atoms with van der Waals surface area (Å²) in [6, 6.07) is 5.67. The minimum Gasteiger partial charge on any atom is -0.462 e. The van der Waals surface area contributed by atoms with Gasteiger partial charge in [0.25, 0.3) is 0 Å². The highest BCUT2D eigenvalue weighted by Gasteiger charge is 2.26. The van der Waals surface area contributed by atoms with E-state index < -0.39 is 5.97 Å². The van der Waals surface area contributed by atoms with E-state index in [1.165, 1.54) is 0 Å². The van der Waals surface area contributed by atoms with E-state index in [1.54, 1.807) is 18.3 Å². The number of halogens is 1. The zero-order valence-corrected chi connectivity index (χ0v) is 16.8. The molecule has 0 saturated heterocycles. The molecular weight excluding hydrogens is 386 g/mol. The van der Waals surface area contributed by atoms with Crippen LogP contribution in [0.25, 0.3) is 21.3 Å². The van der Waals surface area contributed by atoms with Crippen molar-refractivity contribution in [2.45, 2.75) is 26.7 Å². The van der Waals surface area contributed by atoms with Crippen LogP contribution in [0.3, 0.4) is 0 Å². The average molecular weight is 404 g/mol. The third-order valence-electron chi connectivity index (χ3n) is 4.66. The van der Waals surface area contributed by atoms with E-state index in [0.29, 0.717) is 22.8 Å². The standard InChI is InChI=1S/C20H18ClNO4S/c1-4-24-20(23)18-13(8-21)22-19-16(10(2)11(3)27-19)17(18)12-5-6-14-15(7-12)26-9-25-14/h5-7H,4,8-9H2,1-3H3. The highest BCUT2D eigenvalue weighted by Crippen LogP contribution is 2.43. The fourth-order valence-electron chi connectivity index (χ4n) is 3.29. The minimum absolute atomic E-state index is 0.123. The molecule has 0 amide bonds. The second kappa shape index (κ2) is 7.02. The Balaban J connectivity index is 2.09. The van der Waals surface area contributed by atoms with Gasteiger partial charge in [0.2, 0.25) is 6.79 Å². The van der Waals surface area contributed by atoms with Crippen LogP contribution >= 0.6 is 22.9 Å². The molecular formula is C20H18ClNO4S. The first-order chi connectivity index (χ1) is 13.0. The van der Waals surface area contributed by atoms with E-state index in [9.17, 15) is 4.79 Å². The molecule has 3 aromatic rings. The summed E-state index contributed by atoms with van der Waals surface area (Å²) < 4.78 is 16.3. The van der Waals surface area contributed by atoms with E-state index in [1.807, 2.05) is 25.1 Å². The Kier molecular flexibility index (Phi) is 4.70. The summed E-state index contributed by atoms with van der Waals surface area (Å²) in [5.41, 5.74) is 3.67. The molecule has 1 aromatic carbocycles. The van der Waals surface area contributed by atoms with E-state index in [-0.39, 0.29) is 19.3 Å². The summed E-state index contributed by atoms with van der Waals surface area (Å²) in [6.45, 7) is 6.35. The Morgan fingerprint density at radius 1 is 1.30 bits per heavy atom. The van der Waals surface area contributed by atoms with Gasteiger partial charge in [-0.1, -0.05) is 6.07 Å². The number of alkyl halides is 1. The van der Waals surface area contributed by atoms with Gasteiger partial charge in [0.15, 0.2) is 11.5 Å². The average Bonchev–Trinajstić information content (AvgIpc) is 3.24. The third-order valence-corrected chi connectivity index (χ3v) is 6.01. The highest BCUT2D eigenvalue weighted by molar-refractivity contribution is 7.18. The van der Waals surface area contributed by atoms with Gasteiger partial charge in [-0.3, -0.25) is 0 Å². The number of nitrogens with zero attached hydrogens (tertiary/aromatic N) is 1. The predicted molar refractivity (Wildman–Crippen MR) is 106 cm³/mol. The SMILES string of the molecule is CCOC(=O)c1c(CCl)nc2sc(C)c(C)c2c1-c1ccc2c(c1)OCO2. The third kappa shape index (κ3) is 2.93. The van der Waals surface area contributed by atoms with E-state index in [0.717, 1.165) is 31.8 Å². The molecule has 3 heterocycles. The molecule has 0 spiro atoms. The molecule has 4 rings (SSSR count). The molecule has 27 heavy (non-hydrogen) atoms. The van der Waals surface area contributed by atoms with Crippen molar-refractivity contribution in [3.05, 3.63) is 39.9 Å². The number of fused-ring (bicyclic) bond motifs is 2. The zero-order valence-electron chi connectivity index (χ0n) is 15.2. The molecule has 1 aliphatic heterocycles. The van der Waals surface area contributed by atoms with Crippen LogP contribution in [0.2, 0.25) is 0 Å². The number of carbonyl (C=O) groups excluding carboxylic acids is 1. The molecule has 0 atom stereocenters. The van der Waals surface area contributed by atoms with Gasteiger partial charge in [-0.05, 0) is 44.0 Å². The normalized spacial score (nSPS) is 12.6. The number of esters is 1. The van der Waals surface area contributed by atoms with Gasteiger partial charge >= 0.3 is 5.97 Å². The number of thiophene rings is 1. The summed E-state index contributed by atoms with van der Waals surface area (Å²) in [5.74, 6) is 1.05. The van der Waals surface area contributed by atoms with Gasteiger partial charge in [-0.25, -0.2) is 9.78 Å². The lowest BCUT2D eigenvalue weighted by atomic mass is 9.94. The van der Waals surface area contributed by atoms with Crippen molar-refractivity contribution < 1.29 is 19.0 Å². The molecule has 1 aliphatic rings. The van der Waals surface area contributed by atoms with Crippen LogP contribution in [0.5, 0.6) is 11.5 Å². The number of hydrogen-bond donors (Lipinski definition) is 0. The molecule has 0 unspecified atom stereocenters. The van der Waals surface area contributed by atoms with Crippen molar-refractivity contribution in [2.75, 3.05) is 13.4 Å². The molecule has 7 heteroatoms. The lowest BCUT2D eigenvalue weighted by Crippen LogP contribution is -2.11. The Hall–Kier alpha value is -2.31. The molecule has 0 bridgehead atoms. The highest BCUT2D eigenvalue weighted by atomic mass is 35.5. The van der Waals surface area contributed by atoms with Gasteiger partial charge in [0.1, 0.15) is 4.83 Å². The number of benzene rings is 1. The summed E-state index contributed by atoms with van der Waals surface area (Å²) >= 11 is 7.76. The van der Waals surface area contributed by atoms with Crippen molar-refractivity contribution in [3.63, 3.8) is 0 Å². The smallest absolute Gasteiger partial charge is 0.340 e. The lowest BCUT2D eigenvalue weighted by molar-refractivity contribution is 0.0526. The van der Waals surface area contributed by atoms with Crippen LogP contribution in [0.1, 0.15) is 33.4 Å². The van der Waals surface area contributed by atoms with Crippen LogP contribution < -0.4 is 9.47 Å². The zero-order chi connectivity index (χ0) is 19.1. The number of aryl methyl sites for hydroxylation is 2. The van der Waals surface area contributed by atoms with Crippen LogP contribution in [0.4, 0.5) is 0 Å². The first-order valence-corrected chi connectivity index (χ1v) is 9.95. The van der Waals surface area contributed by atoms with Crippen LogP contribution in [0, 0.1) is 13.8 Å². The maximum Gasteiger partial charge on any atom is 0.340 e. The van der Waals surface area contributed by atoms with Crippen LogP contribution in [0.15, 0.2) is 18.2 Å². The maximum absolute atomic E-state index is 12.8. The molecule has 5 nitrogen and oxygen atoms in total. The molecule has 0 radical (unpaired) electrons. The quantitative estimate of drug-likeness (QED) is 0.441. The van der Waals surface area contributed by atoms with Gasteiger partial charge in [-0.15, -0.1) is 22.9 Å². The summed E-state index contributed by atoms with van der Waals surface area (Å²) in [6.07, 6.45) is 0. The second-order valence-corrected chi connectivity index (χ2v) is 7.66. The van der Waals surface area contributed by atoms with Crippen molar-refractivity contribution in [1.82, 2.24) is 4.98 Å². The predicted octanol–water partition coefficient (Wildman–Crippen LogP) is 5.22. The van der Waals surface area contributed by atoms with Crippen molar-refractivity contribution in [2.24, 2.45) is 0 Å². The Morgan fingerprint density at radius 3 is 2.81 bits per heavy atom. The number of aromatic nitrogens is 1. The summed E-state index contributed by atoms with van der Waals surface area (Å²) in [5, 5.41) is 0.952. The largest absolute Gasteiger partial charge is 0.462 e. The maximum atomic E-state index is 12.8. The Labute approximate surface area is 165 Å². The Morgan fingerprint density at radius 2 is 2.07 bits per heavy atom. The molecule has 0 N–H and O–H groups in total. The minimum atomic E-state index is -0.418. The fraction of sp³-hybridized carbons (Fsp3) is 0.300. The van der Waals surface area contributed by atoms with Crippen LogP contribution in [-0.2, 0) is 10.6 Å².